The number of rotatable bonds is 4. The average molecular weight is 272 g/mol. The van der Waals surface area contributed by atoms with Crippen molar-refractivity contribution >= 4 is 22.3 Å². The van der Waals surface area contributed by atoms with Crippen LogP contribution in [0, 0.1) is 6.92 Å². The van der Waals surface area contributed by atoms with Gasteiger partial charge in [0.15, 0.2) is 0 Å². The zero-order valence-electron chi connectivity index (χ0n) is 11.0. The van der Waals surface area contributed by atoms with Crippen molar-refractivity contribution in [2.24, 2.45) is 0 Å². The van der Waals surface area contributed by atoms with E-state index in [1.54, 1.807) is 11.3 Å². The van der Waals surface area contributed by atoms with E-state index < -0.39 is 0 Å². The van der Waals surface area contributed by atoms with Crippen molar-refractivity contribution in [3.05, 3.63) is 52.2 Å². The first-order valence-electron chi connectivity index (χ1n) is 6.35. The summed E-state index contributed by atoms with van der Waals surface area (Å²) in [6.45, 7) is 4.96. The number of hydrogen-bond acceptors (Lipinski definition) is 4. The van der Waals surface area contributed by atoms with Crippen molar-refractivity contribution in [3.8, 4) is 0 Å². The van der Waals surface area contributed by atoms with E-state index in [2.05, 4.69) is 36.3 Å². The van der Waals surface area contributed by atoms with Gasteiger partial charge in [-0.2, -0.15) is 0 Å². The number of thiazole rings is 1. The maximum absolute atomic E-state index is 5.84. The Labute approximate surface area is 116 Å². The number of fused-ring (bicyclic) bond motifs is 1. The zero-order valence-corrected chi connectivity index (χ0v) is 11.8. The molecule has 2 aromatic heterocycles. The Kier molecular flexibility index (Phi) is 3.36. The normalized spacial score (nSPS) is 12.9. The molecule has 0 spiro atoms. The largest absolute Gasteiger partial charge is 0.459 e. The van der Waals surface area contributed by atoms with Crippen LogP contribution in [0.5, 0.6) is 0 Å². The third-order valence-electron chi connectivity index (χ3n) is 3.10. The molecule has 3 aromatic rings. The average Bonchev–Trinajstić information content (AvgIpc) is 3.01. The van der Waals surface area contributed by atoms with Gasteiger partial charge in [-0.1, -0.05) is 18.2 Å². The first-order valence-corrected chi connectivity index (χ1v) is 7.17. The molecular formula is C15H16N2OS. The summed E-state index contributed by atoms with van der Waals surface area (Å²) in [6.07, 6.45) is 1.91. The topological polar surface area (TPSA) is 38.1 Å². The summed E-state index contributed by atoms with van der Waals surface area (Å²) >= 11 is 1.73. The lowest BCUT2D eigenvalue weighted by molar-refractivity contribution is 0.450. The second-order valence-corrected chi connectivity index (χ2v) is 5.97. The highest BCUT2D eigenvalue weighted by atomic mass is 32.1. The number of hydrogen-bond donors (Lipinski definition) is 1. The molecule has 0 aliphatic rings. The van der Waals surface area contributed by atoms with Gasteiger partial charge < -0.3 is 9.73 Å². The summed E-state index contributed by atoms with van der Waals surface area (Å²) in [7, 11) is 0. The number of aromatic nitrogens is 1. The summed E-state index contributed by atoms with van der Waals surface area (Å²) in [5, 5.41) is 5.70. The molecule has 0 fully saturated rings. The van der Waals surface area contributed by atoms with Crippen LogP contribution in [0.15, 0.2) is 40.9 Å². The second kappa shape index (κ2) is 5.15. The Morgan fingerprint density at radius 3 is 2.95 bits per heavy atom. The van der Waals surface area contributed by atoms with Crippen molar-refractivity contribution in [1.29, 1.82) is 0 Å². The quantitative estimate of drug-likeness (QED) is 0.778. The van der Waals surface area contributed by atoms with Gasteiger partial charge in [0, 0.05) is 23.0 Å². The van der Waals surface area contributed by atoms with Crippen LogP contribution in [0.25, 0.3) is 11.0 Å². The molecule has 3 rings (SSSR count). The van der Waals surface area contributed by atoms with Gasteiger partial charge in [-0.3, -0.25) is 0 Å². The molecule has 0 amide bonds. The molecule has 1 N–H and O–H groups in total. The van der Waals surface area contributed by atoms with Crippen LogP contribution in [0.2, 0.25) is 0 Å². The van der Waals surface area contributed by atoms with Crippen LogP contribution in [-0.2, 0) is 6.54 Å². The van der Waals surface area contributed by atoms with Crippen molar-refractivity contribution in [1.82, 2.24) is 10.3 Å². The fourth-order valence-corrected chi connectivity index (χ4v) is 2.78. The van der Waals surface area contributed by atoms with Crippen molar-refractivity contribution in [2.45, 2.75) is 26.4 Å². The van der Waals surface area contributed by atoms with Crippen LogP contribution in [-0.4, -0.2) is 4.98 Å². The summed E-state index contributed by atoms with van der Waals surface area (Å²) in [5.41, 5.74) is 0.941. The van der Waals surface area contributed by atoms with Crippen LogP contribution in [0.1, 0.15) is 28.6 Å². The predicted octanol–water partition coefficient (Wildman–Crippen LogP) is 4.05. The lowest BCUT2D eigenvalue weighted by atomic mass is 10.2. The maximum Gasteiger partial charge on any atom is 0.134 e. The highest BCUT2D eigenvalue weighted by molar-refractivity contribution is 7.11. The minimum absolute atomic E-state index is 0.177. The molecule has 98 valence electrons. The smallest absolute Gasteiger partial charge is 0.134 e. The van der Waals surface area contributed by atoms with E-state index in [-0.39, 0.29) is 6.04 Å². The highest BCUT2D eigenvalue weighted by Gasteiger charge is 2.11. The van der Waals surface area contributed by atoms with Gasteiger partial charge in [0.2, 0.25) is 0 Å². The van der Waals surface area contributed by atoms with Gasteiger partial charge in [0.1, 0.15) is 16.4 Å². The fraction of sp³-hybridized carbons (Fsp3) is 0.267. The second-order valence-electron chi connectivity index (χ2n) is 4.65. The van der Waals surface area contributed by atoms with Gasteiger partial charge in [-0.25, -0.2) is 4.98 Å². The Morgan fingerprint density at radius 2 is 2.21 bits per heavy atom. The summed E-state index contributed by atoms with van der Waals surface area (Å²) in [6, 6.07) is 10.4. The van der Waals surface area contributed by atoms with E-state index in [9.17, 15) is 0 Å². The third-order valence-corrected chi connectivity index (χ3v) is 4.01. The summed E-state index contributed by atoms with van der Waals surface area (Å²) < 4.78 is 5.84. The van der Waals surface area contributed by atoms with E-state index in [0.29, 0.717) is 0 Å². The molecule has 3 nitrogen and oxygen atoms in total. The minimum atomic E-state index is 0.177. The van der Waals surface area contributed by atoms with Crippen LogP contribution in [0.4, 0.5) is 0 Å². The molecule has 0 aliphatic carbocycles. The first kappa shape index (κ1) is 12.4. The first-order chi connectivity index (χ1) is 9.22. The van der Waals surface area contributed by atoms with Crippen LogP contribution < -0.4 is 5.32 Å². The molecule has 19 heavy (non-hydrogen) atoms. The Balaban J connectivity index is 1.71. The number of furan rings is 1. The Morgan fingerprint density at radius 1 is 1.37 bits per heavy atom. The standard InChI is InChI=1S/C15H16N2OS/c1-10-8-17-15(19-10)9-16-11(2)14-7-12-5-3-4-6-13(12)18-14/h3-8,11,16H,9H2,1-2H3. The van der Waals surface area contributed by atoms with Gasteiger partial charge in [-0.15, -0.1) is 11.3 Å². The minimum Gasteiger partial charge on any atom is -0.459 e. The number of aryl methyl sites for hydroxylation is 1. The molecule has 0 saturated carbocycles. The van der Waals surface area contributed by atoms with E-state index in [1.807, 2.05) is 24.4 Å². The molecule has 4 heteroatoms. The van der Waals surface area contributed by atoms with E-state index >= 15 is 0 Å². The van der Waals surface area contributed by atoms with Crippen molar-refractivity contribution in [2.75, 3.05) is 0 Å². The number of para-hydroxylation sites is 1. The molecule has 0 aliphatic heterocycles. The lowest BCUT2D eigenvalue weighted by Crippen LogP contribution is -2.17. The molecular weight excluding hydrogens is 256 g/mol. The van der Waals surface area contributed by atoms with Crippen LogP contribution >= 0.6 is 11.3 Å². The van der Waals surface area contributed by atoms with Crippen molar-refractivity contribution in [3.63, 3.8) is 0 Å². The van der Waals surface area contributed by atoms with Gasteiger partial charge in [0.25, 0.3) is 0 Å². The molecule has 2 heterocycles. The molecule has 1 aromatic carbocycles. The van der Waals surface area contributed by atoms with Gasteiger partial charge in [-0.05, 0) is 26.0 Å². The van der Waals surface area contributed by atoms with E-state index in [4.69, 9.17) is 4.42 Å². The van der Waals surface area contributed by atoms with E-state index in [0.717, 1.165) is 28.3 Å². The van der Waals surface area contributed by atoms with Gasteiger partial charge >= 0.3 is 0 Å². The Bertz CT molecular complexity index is 653. The van der Waals surface area contributed by atoms with Gasteiger partial charge in [0.05, 0.1) is 6.04 Å². The maximum atomic E-state index is 5.84. The Hall–Kier alpha value is -1.65. The molecule has 0 radical (unpaired) electrons. The lowest BCUT2D eigenvalue weighted by Gasteiger charge is -2.09. The molecule has 0 bridgehead atoms. The van der Waals surface area contributed by atoms with Crippen molar-refractivity contribution < 1.29 is 4.42 Å². The zero-order chi connectivity index (χ0) is 13.2. The monoisotopic (exact) mass is 272 g/mol. The summed E-state index contributed by atoms with van der Waals surface area (Å²) in [4.78, 5) is 5.59. The third kappa shape index (κ3) is 2.69. The fourth-order valence-electron chi connectivity index (χ4n) is 2.04. The number of nitrogens with zero attached hydrogens (tertiary/aromatic N) is 1. The van der Waals surface area contributed by atoms with E-state index in [1.165, 1.54) is 4.88 Å². The molecule has 1 unspecified atom stereocenters. The van der Waals surface area contributed by atoms with Crippen LogP contribution in [0.3, 0.4) is 0 Å². The number of benzene rings is 1. The molecule has 1 atom stereocenters. The number of nitrogens with one attached hydrogen (secondary N) is 1. The summed E-state index contributed by atoms with van der Waals surface area (Å²) in [5.74, 6) is 0.967. The predicted molar refractivity (Wildman–Crippen MR) is 78.3 cm³/mol. The highest BCUT2D eigenvalue weighted by Crippen LogP contribution is 2.24. The SMILES string of the molecule is Cc1cnc(CNC(C)c2cc3ccccc3o2)s1. The molecule has 0 saturated heterocycles.